The van der Waals surface area contributed by atoms with Crippen LogP contribution in [0, 0.1) is 13.8 Å². The maximum atomic E-state index is 12.2. The SMILES string of the molecule is Cc1cc(NC(=O)c2cc(Cl)ccc2C)ccc1C(=O)O. The van der Waals surface area contributed by atoms with Gasteiger partial charge in [0.25, 0.3) is 5.91 Å². The third-order valence-electron chi connectivity index (χ3n) is 3.16. The number of hydrogen-bond acceptors (Lipinski definition) is 2. The number of carbonyl (C=O) groups excluding carboxylic acids is 1. The molecule has 0 aromatic heterocycles. The molecule has 0 unspecified atom stereocenters. The Morgan fingerprint density at radius 3 is 2.33 bits per heavy atom. The fourth-order valence-electron chi connectivity index (χ4n) is 2.02. The lowest BCUT2D eigenvalue weighted by Crippen LogP contribution is -2.14. The van der Waals surface area contributed by atoms with Crippen molar-refractivity contribution in [1.82, 2.24) is 0 Å². The van der Waals surface area contributed by atoms with E-state index in [1.807, 2.05) is 6.92 Å². The van der Waals surface area contributed by atoms with Crippen molar-refractivity contribution in [2.45, 2.75) is 13.8 Å². The summed E-state index contributed by atoms with van der Waals surface area (Å²) in [5, 5.41) is 12.2. The van der Waals surface area contributed by atoms with Gasteiger partial charge in [-0.05, 0) is 55.3 Å². The lowest BCUT2D eigenvalue weighted by molar-refractivity contribution is 0.0696. The molecular weight excluding hydrogens is 290 g/mol. The van der Waals surface area contributed by atoms with Crippen LogP contribution in [0.25, 0.3) is 0 Å². The standard InChI is InChI=1S/C16H14ClNO3/c1-9-3-4-11(17)8-14(9)15(19)18-12-5-6-13(16(20)21)10(2)7-12/h3-8H,1-2H3,(H,18,19)(H,20,21). The number of hydrogen-bond donors (Lipinski definition) is 2. The first-order valence-corrected chi connectivity index (χ1v) is 6.67. The number of anilines is 1. The Bertz CT molecular complexity index is 725. The van der Waals surface area contributed by atoms with Crippen molar-refractivity contribution in [3.05, 3.63) is 63.7 Å². The van der Waals surface area contributed by atoms with E-state index in [4.69, 9.17) is 16.7 Å². The highest BCUT2D eigenvalue weighted by atomic mass is 35.5. The van der Waals surface area contributed by atoms with Gasteiger partial charge >= 0.3 is 5.97 Å². The van der Waals surface area contributed by atoms with Gasteiger partial charge in [-0.25, -0.2) is 4.79 Å². The zero-order valence-electron chi connectivity index (χ0n) is 11.6. The predicted octanol–water partition coefficient (Wildman–Crippen LogP) is 3.91. The van der Waals surface area contributed by atoms with E-state index >= 15 is 0 Å². The van der Waals surface area contributed by atoms with E-state index in [0.717, 1.165) is 5.56 Å². The minimum Gasteiger partial charge on any atom is -0.478 e. The van der Waals surface area contributed by atoms with Gasteiger partial charge in [0.05, 0.1) is 5.56 Å². The summed E-state index contributed by atoms with van der Waals surface area (Å²) >= 11 is 5.90. The van der Waals surface area contributed by atoms with E-state index in [9.17, 15) is 9.59 Å². The van der Waals surface area contributed by atoms with Crippen LogP contribution in [0.5, 0.6) is 0 Å². The third kappa shape index (κ3) is 3.41. The summed E-state index contributed by atoms with van der Waals surface area (Å²) < 4.78 is 0. The van der Waals surface area contributed by atoms with E-state index in [1.165, 1.54) is 6.07 Å². The Balaban J connectivity index is 2.26. The zero-order chi connectivity index (χ0) is 15.6. The van der Waals surface area contributed by atoms with Crippen molar-refractivity contribution < 1.29 is 14.7 Å². The topological polar surface area (TPSA) is 66.4 Å². The lowest BCUT2D eigenvalue weighted by atomic mass is 10.1. The van der Waals surface area contributed by atoms with E-state index in [-0.39, 0.29) is 11.5 Å². The number of benzene rings is 2. The molecule has 2 rings (SSSR count). The number of carbonyl (C=O) groups is 2. The molecule has 2 aromatic carbocycles. The van der Waals surface area contributed by atoms with Crippen LogP contribution < -0.4 is 5.32 Å². The highest BCUT2D eigenvalue weighted by molar-refractivity contribution is 6.31. The van der Waals surface area contributed by atoms with Gasteiger partial charge in [0.1, 0.15) is 0 Å². The molecule has 5 heteroatoms. The molecule has 0 spiro atoms. The molecule has 0 heterocycles. The highest BCUT2D eigenvalue weighted by Crippen LogP contribution is 2.19. The number of nitrogens with one attached hydrogen (secondary N) is 1. The van der Waals surface area contributed by atoms with Gasteiger partial charge in [0.2, 0.25) is 0 Å². The van der Waals surface area contributed by atoms with Crippen LogP contribution in [0.2, 0.25) is 5.02 Å². The molecule has 0 bridgehead atoms. The quantitative estimate of drug-likeness (QED) is 0.903. The first kappa shape index (κ1) is 15.1. The van der Waals surface area contributed by atoms with E-state index < -0.39 is 5.97 Å². The summed E-state index contributed by atoms with van der Waals surface area (Å²) in [6, 6.07) is 9.76. The van der Waals surface area contributed by atoms with E-state index in [2.05, 4.69) is 5.32 Å². The molecule has 0 aliphatic heterocycles. The summed E-state index contributed by atoms with van der Waals surface area (Å²) in [4.78, 5) is 23.2. The zero-order valence-corrected chi connectivity index (χ0v) is 12.4. The van der Waals surface area contributed by atoms with Crippen LogP contribution >= 0.6 is 11.6 Å². The first-order valence-electron chi connectivity index (χ1n) is 6.30. The maximum absolute atomic E-state index is 12.2. The third-order valence-corrected chi connectivity index (χ3v) is 3.39. The van der Waals surface area contributed by atoms with Gasteiger partial charge in [0.15, 0.2) is 0 Å². The van der Waals surface area contributed by atoms with Gasteiger partial charge in [-0.1, -0.05) is 17.7 Å². The number of aromatic carboxylic acids is 1. The highest BCUT2D eigenvalue weighted by Gasteiger charge is 2.12. The largest absolute Gasteiger partial charge is 0.478 e. The molecule has 1 amide bonds. The van der Waals surface area contributed by atoms with E-state index in [1.54, 1.807) is 37.3 Å². The minimum absolute atomic E-state index is 0.215. The number of aryl methyl sites for hydroxylation is 2. The summed E-state index contributed by atoms with van der Waals surface area (Å²) in [6.07, 6.45) is 0. The van der Waals surface area contributed by atoms with Crippen LogP contribution in [0.1, 0.15) is 31.8 Å². The fraction of sp³-hybridized carbons (Fsp3) is 0.125. The van der Waals surface area contributed by atoms with Gasteiger partial charge in [-0.3, -0.25) is 4.79 Å². The molecule has 21 heavy (non-hydrogen) atoms. The summed E-state index contributed by atoms with van der Waals surface area (Å²) in [6.45, 7) is 3.51. The molecule has 0 radical (unpaired) electrons. The van der Waals surface area contributed by atoms with Crippen molar-refractivity contribution in [3.8, 4) is 0 Å². The monoisotopic (exact) mass is 303 g/mol. The average molecular weight is 304 g/mol. The van der Waals surface area contributed by atoms with Gasteiger partial charge in [0, 0.05) is 16.3 Å². The lowest BCUT2D eigenvalue weighted by Gasteiger charge is -2.10. The molecule has 4 nitrogen and oxygen atoms in total. The number of rotatable bonds is 3. The van der Waals surface area contributed by atoms with Crippen molar-refractivity contribution in [3.63, 3.8) is 0 Å². The normalized spacial score (nSPS) is 10.2. The van der Waals surface area contributed by atoms with Crippen molar-refractivity contribution >= 4 is 29.2 Å². The van der Waals surface area contributed by atoms with Crippen molar-refractivity contribution in [2.24, 2.45) is 0 Å². The molecule has 108 valence electrons. The van der Waals surface area contributed by atoms with Crippen molar-refractivity contribution in [1.29, 1.82) is 0 Å². The number of halogens is 1. The Morgan fingerprint density at radius 1 is 1.00 bits per heavy atom. The minimum atomic E-state index is -0.990. The predicted molar refractivity (Wildman–Crippen MR) is 82.3 cm³/mol. The van der Waals surface area contributed by atoms with Gasteiger partial charge in [-0.2, -0.15) is 0 Å². The molecule has 0 saturated carbocycles. The molecule has 0 aliphatic rings. The Labute approximate surface area is 127 Å². The van der Waals surface area contributed by atoms with Crippen LogP contribution in [-0.2, 0) is 0 Å². The number of amides is 1. The molecule has 2 aromatic rings. The molecule has 0 atom stereocenters. The van der Waals surface area contributed by atoms with E-state index in [0.29, 0.717) is 21.8 Å². The van der Waals surface area contributed by atoms with Crippen molar-refractivity contribution in [2.75, 3.05) is 5.32 Å². The summed E-state index contributed by atoms with van der Waals surface area (Å²) in [5.74, 6) is -1.27. The maximum Gasteiger partial charge on any atom is 0.335 e. The average Bonchev–Trinajstić information content (AvgIpc) is 2.41. The Morgan fingerprint density at radius 2 is 1.71 bits per heavy atom. The Kier molecular flexibility index (Phi) is 4.29. The van der Waals surface area contributed by atoms with Crippen LogP contribution in [0.3, 0.4) is 0 Å². The molecule has 0 saturated heterocycles. The van der Waals surface area contributed by atoms with Crippen LogP contribution in [-0.4, -0.2) is 17.0 Å². The second-order valence-electron chi connectivity index (χ2n) is 4.75. The molecule has 2 N–H and O–H groups in total. The molecule has 0 fully saturated rings. The molecular formula is C16H14ClNO3. The second kappa shape index (κ2) is 5.97. The summed E-state index contributed by atoms with van der Waals surface area (Å²) in [7, 11) is 0. The number of carboxylic acid groups (broad SMARTS) is 1. The molecule has 0 aliphatic carbocycles. The summed E-state index contributed by atoms with van der Waals surface area (Å²) in [5.41, 5.74) is 2.65. The second-order valence-corrected chi connectivity index (χ2v) is 5.18. The van der Waals surface area contributed by atoms with Crippen LogP contribution in [0.15, 0.2) is 36.4 Å². The van der Waals surface area contributed by atoms with Crippen LogP contribution in [0.4, 0.5) is 5.69 Å². The smallest absolute Gasteiger partial charge is 0.335 e. The number of carboxylic acids is 1. The van der Waals surface area contributed by atoms with Gasteiger partial charge < -0.3 is 10.4 Å². The first-order chi connectivity index (χ1) is 9.88. The fourth-order valence-corrected chi connectivity index (χ4v) is 2.19. The van der Waals surface area contributed by atoms with Gasteiger partial charge in [-0.15, -0.1) is 0 Å². The Hall–Kier alpha value is -2.33.